The van der Waals surface area contributed by atoms with E-state index >= 15 is 0 Å². The van der Waals surface area contributed by atoms with Crippen LogP contribution in [-0.2, 0) is 4.79 Å². The van der Waals surface area contributed by atoms with Gasteiger partial charge in [0.05, 0.1) is 15.7 Å². The average molecular weight is 467 g/mol. The lowest BCUT2D eigenvalue weighted by Crippen LogP contribution is -2.47. The largest absolute Gasteiger partial charge is 0.483 e. The van der Waals surface area contributed by atoms with Crippen molar-refractivity contribution in [3.05, 3.63) is 57.5 Å². The molecule has 2 amide bonds. The second-order valence-electron chi connectivity index (χ2n) is 6.55. The molecule has 0 atom stereocenters. The van der Waals surface area contributed by atoms with Crippen LogP contribution in [-0.4, -0.2) is 61.4 Å². The maximum atomic E-state index is 12.9. The molecule has 1 N–H and O–H groups in total. The number of nitrogens with one attached hydrogen (secondary N) is 1. The fraction of sp³-hybridized carbons (Fsp3) is 0.300. The van der Waals surface area contributed by atoms with Crippen molar-refractivity contribution in [2.24, 2.45) is 0 Å². The number of anilines is 1. The second kappa shape index (κ2) is 9.41. The molecule has 28 heavy (non-hydrogen) atoms. The van der Waals surface area contributed by atoms with E-state index in [2.05, 4.69) is 26.1 Å². The summed E-state index contributed by atoms with van der Waals surface area (Å²) < 4.78 is 6.20. The minimum absolute atomic E-state index is 0.0784. The van der Waals surface area contributed by atoms with Gasteiger partial charge < -0.3 is 19.9 Å². The summed E-state index contributed by atoms with van der Waals surface area (Å²) in [6.07, 6.45) is 0. The summed E-state index contributed by atoms with van der Waals surface area (Å²) in [5, 5.41) is 3.35. The molecule has 0 aliphatic carbocycles. The number of carbonyl (C=O) groups excluding carboxylic acids is 2. The molecule has 0 saturated carbocycles. The molecule has 0 unspecified atom stereocenters. The highest BCUT2D eigenvalue weighted by atomic mass is 79.9. The average Bonchev–Trinajstić information content (AvgIpc) is 2.68. The summed E-state index contributed by atoms with van der Waals surface area (Å²) in [6.45, 7) is 2.84. The zero-order valence-corrected chi connectivity index (χ0v) is 17.8. The van der Waals surface area contributed by atoms with E-state index in [1.807, 2.05) is 11.9 Å². The second-order valence-corrected chi connectivity index (χ2v) is 7.84. The molecule has 0 radical (unpaired) electrons. The Morgan fingerprint density at radius 2 is 1.86 bits per heavy atom. The van der Waals surface area contributed by atoms with Crippen molar-refractivity contribution in [2.45, 2.75) is 0 Å². The Balaban J connectivity index is 1.64. The summed E-state index contributed by atoms with van der Waals surface area (Å²) in [5.41, 5.74) is 0.961. The van der Waals surface area contributed by atoms with Crippen LogP contribution >= 0.6 is 27.5 Å². The highest BCUT2D eigenvalue weighted by Crippen LogP contribution is 2.28. The standard InChI is InChI=1S/C20H21BrClN3O3/c1-24-8-10-25(11-9-24)20(27)15-4-2-3-5-17(15)23-19(26)13-28-18-7-6-14(22)12-16(18)21/h2-7,12H,8-11,13H2,1H3,(H,23,26). The summed E-state index contributed by atoms with van der Waals surface area (Å²) >= 11 is 9.25. The molecule has 0 aromatic heterocycles. The first-order chi connectivity index (χ1) is 13.4. The molecule has 1 aliphatic heterocycles. The van der Waals surface area contributed by atoms with Crippen LogP contribution in [0.3, 0.4) is 0 Å². The van der Waals surface area contributed by atoms with Crippen molar-refractivity contribution in [3.8, 4) is 5.75 Å². The van der Waals surface area contributed by atoms with Crippen molar-refractivity contribution < 1.29 is 14.3 Å². The number of carbonyl (C=O) groups is 2. The first kappa shape index (κ1) is 20.6. The predicted octanol–water partition coefficient (Wildman–Crippen LogP) is 3.51. The molecule has 1 fully saturated rings. The Morgan fingerprint density at radius 3 is 2.57 bits per heavy atom. The van der Waals surface area contributed by atoms with Crippen LogP contribution in [0.1, 0.15) is 10.4 Å². The van der Waals surface area contributed by atoms with Crippen LogP contribution in [0.15, 0.2) is 46.9 Å². The molecule has 148 valence electrons. The summed E-state index contributed by atoms with van der Waals surface area (Å²) in [6, 6.07) is 12.1. The normalized spacial score (nSPS) is 14.6. The molecule has 1 heterocycles. The molecule has 2 aromatic carbocycles. The number of hydrogen-bond donors (Lipinski definition) is 1. The van der Waals surface area contributed by atoms with Gasteiger partial charge in [0.1, 0.15) is 5.75 Å². The number of nitrogens with zero attached hydrogens (tertiary/aromatic N) is 2. The van der Waals surface area contributed by atoms with E-state index in [0.29, 0.717) is 39.6 Å². The van der Waals surface area contributed by atoms with Gasteiger partial charge in [-0.15, -0.1) is 0 Å². The van der Waals surface area contributed by atoms with E-state index < -0.39 is 0 Å². The molecule has 0 spiro atoms. The van der Waals surface area contributed by atoms with Gasteiger partial charge in [-0.2, -0.15) is 0 Å². The number of halogens is 2. The van der Waals surface area contributed by atoms with Crippen molar-refractivity contribution >= 4 is 45.0 Å². The van der Waals surface area contributed by atoms with Gasteiger partial charge in [0, 0.05) is 31.2 Å². The fourth-order valence-corrected chi connectivity index (χ4v) is 3.68. The lowest BCUT2D eigenvalue weighted by molar-refractivity contribution is -0.118. The highest BCUT2D eigenvalue weighted by molar-refractivity contribution is 9.10. The monoisotopic (exact) mass is 465 g/mol. The number of ether oxygens (including phenoxy) is 1. The third-order valence-electron chi connectivity index (χ3n) is 4.47. The van der Waals surface area contributed by atoms with E-state index in [1.54, 1.807) is 42.5 Å². The first-order valence-corrected chi connectivity index (χ1v) is 10.1. The van der Waals surface area contributed by atoms with E-state index in [9.17, 15) is 9.59 Å². The van der Waals surface area contributed by atoms with Crippen molar-refractivity contribution in [3.63, 3.8) is 0 Å². The third-order valence-corrected chi connectivity index (χ3v) is 5.33. The summed E-state index contributed by atoms with van der Waals surface area (Å²) in [4.78, 5) is 29.2. The van der Waals surface area contributed by atoms with E-state index in [0.717, 1.165) is 13.1 Å². The number of piperazine rings is 1. The van der Waals surface area contributed by atoms with Crippen LogP contribution in [0.5, 0.6) is 5.75 Å². The molecular weight excluding hydrogens is 446 g/mol. The quantitative estimate of drug-likeness (QED) is 0.732. The minimum Gasteiger partial charge on any atom is -0.483 e. The lowest BCUT2D eigenvalue weighted by atomic mass is 10.1. The van der Waals surface area contributed by atoms with Gasteiger partial charge >= 0.3 is 0 Å². The Hall–Kier alpha value is -2.09. The number of rotatable bonds is 5. The van der Waals surface area contributed by atoms with Crippen molar-refractivity contribution in [1.29, 1.82) is 0 Å². The summed E-state index contributed by atoms with van der Waals surface area (Å²) in [5.74, 6) is 0.0900. The van der Waals surface area contributed by atoms with Crippen LogP contribution in [0.4, 0.5) is 5.69 Å². The Bertz CT molecular complexity index is 870. The molecule has 0 bridgehead atoms. The van der Waals surface area contributed by atoms with Gasteiger partial charge in [-0.25, -0.2) is 0 Å². The molecule has 2 aromatic rings. The lowest BCUT2D eigenvalue weighted by Gasteiger charge is -2.32. The predicted molar refractivity (Wildman–Crippen MR) is 113 cm³/mol. The molecule has 8 heteroatoms. The number of amides is 2. The number of para-hydroxylation sites is 1. The zero-order valence-electron chi connectivity index (χ0n) is 15.5. The molecule has 3 rings (SSSR count). The van der Waals surface area contributed by atoms with E-state index in [1.165, 1.54) is 0 Å². The zero-order chi connectivity index (χ0) is 20.1. The Morgan fingerprint density at radius 1 is 1.14 bits per heavy atom. The van der Waals surface area contributed by atoms with Crippen molar-refractivity contribution in [1.82, 2.24) is 9.80 Å². The minimum atomic E-state index is -0.347. The smallest absolute Gasteiger partial charge is 0.262 e. The van der Waals surface area contributed by atoms with Gasteiger partial charge in [0.25, 0.3) is 11.8 Å². The Kier molecular flexibility index (Phi) is 6.93. The van der Waals surface area contributed by atoms with E-state index in [-0.39, 0.29) is 18.4 Å². The van der Waals surface area contributed by atoms with Gasteiger partial charge in [-0.3, -0.25) is 9.59 Å². The van der Waals surface area contributed by atoms with Gasteiger partial charge in [-0.05, 0) is 53.3 Å². The van der Waals surface area contributed by atoms with Gasteiger partial charge in [0.2, 0.25) is 0 Å². The number of likely N-dealkylation sites (N-methyl/N-ethyl adjacent to an activating group) is 1. The SMILES string of the molecule is CN1CCN(C(=O)c2ccccc2NC(=O)COc2ccc(Cl)cc2Br)CC1. The maximum Gasteiger partial charge on any atom is 0.262 e. The molecular formula is C20H21BrClN3O3. The van der Waals surface area contributed by atoms with Crippen LogP contribution < -0.4 is 10.1 Å². The Labute approximate surface area is 177 Å². The van der Waals surface area contributed by atoms with Crippen LogP contribution in [0.25, 0.3) is 0 Å². The van der Waals surface area contributed by atoms with Crippen LogP contribution in [0.2, 0.25) is 5.02 Å². The topological polar surface area (TPSA) is 61.9 Å². The van der Waals surface area contributed by atoms with Gasteiger partial charge in [0.15, 0.2) is 6.61 Å². The maximum absolute atomic E-state index is 12.9. The highest BCUT2D eigenvalue weighted by Gasteiger charge is 2.22. The van der Waals surface area contributed by atoms with Crippen LogP contribution in [0, 0.1) is 0 Å². The van der Waals surface area contributed by atoms with Gasteiger partial charge in [-0.1, -0.05) is 23.7 Å². The summed E-state index contributed by atoms with van der Waals surface area (Å²) in [7, 11) is 2.04. The molecule has 6 nitrogen and oxygen atoms in total. The number of benzene rings is 2. The van der Waals surface area contributed by atoms with E-state index in [4.69, 9.17) is 16.3 Å². The number of hydrogen-bond acceptors (Lipinski definition) is 4. The third kappa shape index (κ3) is 5.25. The fourth-order valence-electron chi connectivity index (χ4n) is 2.88. The molecule has 1 aliphatic rings. The first-order valence-electron chi connectivity index (χ1n) is 8.88. The van der Waals surface area contributed by atoms with Crippen molar-refractivity contribution in [2.75, 3.05) is 45.2 Å². The molecule has 1 saturated heterocycles.